The lowest BCUT2D eigenvalue weighted by atomic mass is 9.91. The molecule has 2 atom stereocenters. The molecular formula is C18H22BrNO. The molecule has 1 aliphatic carbocycles. The number of ether oxygens (including phenoxy) is 1. The third-order valence-electron chi connectivity index (χ3n) is 4.19. The Kier molecular flexibility index (Phi) is 4.81. The first kappa shape index (κ1) is 14.9. The zero-order valence-electron chi connectivity index (χ0n) is 12.4. The minimum Gasteiger partial charge on any atom is -0.377 e. The van der Waals surface area contributed by atoms with Gasteiger partial charge in [0, 0.05) is 28.2 Å². The number of halogens is 1. The van der Waals surface area contributed by atoms with Crippen molar-refractivity contribution in [3.63, 3.8) is 0 Å². The molecule has 0 aromatic carbocycles. The van der Waals surface area contributed by atoms with E-state index in [1.807, 2.05) is 0 Å². The van der Waals surface area contributed by atoms with E-state index >= 15 is 0 Å². The van der Waals surface area contributed by atoms with Gasteiger partial charge in [-0.05, 0) is 37.0 Å². The Hall–Kier alpha value is -1.06. The van der Waals surface area contributed by atoms with Gasteiger partial charge in [0.05, 0.1) is 12.7 Å². The molecule has 0 saturated heterocycles. The van der Waals surface area contributed by atoms with E-state index in [-0.39, 0.29) is 6.10 Å². The van der Waals surface area contributed by atoms with E-state index in [2.05, 4.69) is 64.3 Å². The highest BCUT2D eigenvalue weighted by molar-refractivity contribution is 9.11. The molecular weight excluding hydrogens is 326 g/mol. The highest BCUT2D eigenvalue weighted by Gasteiger charge is 2.26. The van der Waals surface area contributed by atoms with Crippen LogP contribution in [0.25, 0.3) is 6.08 Å². The van der Waals surface area contributed by atoms with Gasteiger partial charge in [-0.1, -0.05) is 47.2 Å². The summed E-state index contributed by atoms with van der Waals surface area (Å²) in [5, 5.41) is 0. The Labute approximate surface area is 135 Å². The van der Waals surface area contributed by atoms with Crippen molar-refractivity contribution < 1.29 is 4.74 Å². The molecule has 2 unspecified atom stereocenters. The molecule has 2 heterocycles. The third-order valence-corrected chi connectivity index (χ3v) is 4.72. The number of hydrogen-bond acceptors (Lipinski definition) is 1. The average molecular weight is 348 g/mol. The topological polar surface area (TPSA) is 25.0 Å². The van der Waals surface area contributed by atoms with Gasteiger partial charge < -0.3 is 9.72 Å². The van der Waals surface area contributed by atoms with E-state index < -0.39 is 0 Å². The van der Waals surface area contributed by atoms with Crippen LogP contribution in [0.4, 0.5) is 0 Å². The molecule has 0 amide bonds. The minimum atomic E-state index is 0.269. The Morgan fingerprint density at radius 1 is 1.48 bits per heavy atom. The molecule has 1 N–H and O–H groups in total. The molecule has 1 aliphatic heterocycles. The number of nitrogens with one attached hydrogen (secondary N) is 1. The van der Waals surface area contributed by atoms with Gasteiger partial charge in [0.15, 0.2) is 0 Å². The van der Waals surface area contributed by atoms with Gasteiger partial charge in [-0.25, -0.2) is 0 Å². The third kappa shape index (κ3) is 3.58. The number of H-pyrrole nitrogens is 1. The maximum Gasteiger partial charge on any atom is 0.0695 e. The molecule has 2 aliphatic rings. The predicted octanol–water partition coefficient (Wildman–Crippen LogP) is 4.78. The number of rotatable bonds is 3. The highest BCUT2D eigenvalue weighted by atomic mass is 79.9. The van der Waals surface area contributed by atoms with Crippen LogP contribution in [0.15, 0.2) is 34.9 Å². The summed E-state index contributed by atoms with van der Waals surface area (Å²) < 4.78 is 7.29. The lowest BCUT2D eigenvalue weighted by molar-refractivity contribution is 0.0325. The van der Waals surface area contributed by atoms with Crippen molar-refractivity contribution >= 4 is 22.0 Å². The summed E-state index contributed by atoms with van der Waals surface area (Å²) in [6.45, 7) is 2.98. The lowest BCUT2D eigenvalue weighted by Gasteiger charge is -2.24. The zero-order valence-corrected chi connectivity index (χ0v) is 14.0. The molecule has 0 spiro atoms. The maximum atomic E-state index is 6.12. The van der Waals surface area contributed by atoms with Crippen LogP contribution in [0.3, 0.4) is 0 Å². The van der Waals surface area contributed by atoms with Gasteiger partial charge in [-0.3, -0.25) is 0 Å². The summed E-state index contributed by atoms with van der Waals surface area (Å²) in [5.41, 5.74) is 4.00. The van der Waals surface area contributed by atoms with Crippen molar-refractivity contribution in [2.75, 3.05) is 6.61 Å². The van der Waals surface area contributed by atoms with Crippen molar-refractivity contribution in [2.24, 2.45) is 5.92 Å². The average Bonchev–Trinajstić information content (AvgIpc) is 2.75. The molecule has 0 saturated carbocycles. The van der Waals surface area contributed by atoms with E-state index in [4.69, 9.17) is 4.74 Å². The Bertz CT molecular complexity index is 582. The summed E-state index contributed by atoms with van der Waals surface area (Å²) in [4.78, 5) is 3.57. The van der Waals surface area contributed by atoms with E-state index in [9.17, 15) is 0 Å². The summed E-state index contributed by atoms with van der Waals surface area (Å²) in [7, 11) is 0. The number of hydrogen-bond donors (Lipinski definition) is 1. The van der Waals surface area contributed by atoms with Gasteiger partial charge in [0.25, 0.3) is 0 Å². The van der Waals surface area contributed by atoms with Crippen LogP contribution in [-0.4, -0.2) is 17.7 Å². The molecule has 1 aromatic heterocycles. The van der Waals surface area contributed by atoms with Crippen LogP contribution in [-0.2, 0) is 17.6 Å². The van der Waals surface area contributed by atoms with Crippen molar-refractivity contribution in [3.05, 3.63) is 51.8 Å². The lowest BCUT2D eigenvalue weighted by Crippen LogP contribution is -2.25. The first-order chi connectivity index (χ1) is 10.3. The van der Waals surface area contributed by atoms with Crippen LogP contribution in [0, 0.1) is 5.92 Å². The molecule has 2 nitrogen and oxygen atoms in total. The van der Waals surface area contributed by atoms with E-state index in [0.29, 0.717) is 5.92 Å². The van der Waals surface area contributed by atoms with E-state index in [1.165, 1.54) is 21.4 Å². The predicted molar refractivity (Wildman–Crippen MR) is 91.5 cm³/mol. The molecule has 1 aromatic rings. The van der Waals surface area contributed by atoms with Crippen LogP contribution in [0.2, 0.25) is 0 Å². The molecule has 0 radical (unpaired) electrons. The fraction of sp³-hybridized carbons (Fsp3) is 0.444. The van der Waals surface area contributed by atoms with Gasteiger partial charge in [0.1, 0.15) is 0 Å². The fourth-order valence-corrected chi connectivity index (χ4v) is 3.61. The Morgan fingerprint density at radius 2 is 2.38 bits per heavy atom. The summed E-state index contributed by atoms with van der Waals surface area (Å²) in [5.74, 6) is 0.466. The highest BCUT2D eigenvalue weighted by Crippen LogP contribution is 2.29. The van der Waals surface area contributed by atoms with Gasteiger partial charge in [-0.2, -0.15) is 0 Å². The molecule has 3 rings (SSSR count). The molecule has 3 heteroatoms. The number of aromatic nitrogens is 1. The van der Waals surface area contributed by atoms with Crippen LogP contribution >= 0.6 is 15.9 Å². The first-order valence-electron chi connectivity index (χ1n) is 7.79. The maximum absolute atomic E-state index is 6.12. The molecule has 21 heavy (non-hydrogen) atoms. The molecule has 0 fully saturated rings. The molecule has 0 bridgehead atoms. The Balaban J connectivity index is 1.77. The second-order valence-electron chi connectivity index (χ2n) is 5.76. The number of allylic oxidation sites excluding steroid dienone is 4. The van der Waals surface area contributed by atoms with Gasteiger partial charge in [0.2, 0.25) is 0 Å². The second-order valence-corrected chi connectivity index (χ2v) is 6.67. The summed E-state index contributed by atoms with van der Waals surface area (Å²) in [6, 6.07) is 2.28. The fourth-order valence-electron chi connectivity index (χ4n) is 3.09. The standard InChI is InChI=1S/C18H22BrNO/c1-2-3-7-16-11-13-8-9-21-18(12-17(13)20-16)14-5-4-6-15(19)10-14/h3-4,6-7,10-11,14,18,20H,2,5,8-9,12H2,1H3/b7-3-. The quantitative estimate of drug-likeness (QED) is 0.836. The van der Waals surface area contributed by atoms with E-state index in [1.54, 1.807) is 0 Å². The van der Waals surface area contributed by atoms with E-state index in [0.717, 1.165) is 32.3 Å². The normalized spacial score (nSPS) is 25.7. The minimum absolute atomic E-state index is 0.269. The van der Waals surface area contributed by atoms with Crippen molar-refractivity contribution in [1.82, 2.24) is 4.98 Å². The smallest absolute Gasteiger partial charge is 0.0695 e. The van der Waals surface area contributed by atoms with Crippen molar-refractivity contribution in [1.29, 1.82) is 0 Å². The zero-order chi connectivity index (χ0) is 14.7. The SMILES string of the molecule is CC/C=C\c1cc2c([nH]1)CC(C1C=C(Br)C=CC1)OCC2. The summed E-state index contributed by atoms with van der Waals surface area (Å²) >= 11 is 3.58. The Morgan fingerprint density at radius 3 is 3.19 bits per heavy atom. The largest absolute Gasteiger partial charge is 0.377 e. The number of fused-ring (bicyclic) bond motifs is 1. The van der Waals surface area contributed by atoms with Crippen LogP contribution < -0.4 is 0 Å². The second kappa shape index (κ2) is 6.80. The van der Waals surface area contributed by atoms with Gasteiger partial charge >= 0.3 is 0 Å². The molecule has 112 valence electrons. The van der Waals surface area contributed by atoms with Crippen LogP contribution in [0.1, 0.15) is 36.7 Å². The van der Waals surface area contributed by atoms with Crippen molar-refractivity contribution in [2.45, 2.75) is 38.7 Å². The van der Waals surface area contributed by atoms with Crippen LogP contribution in [0.5, 0.6) is 0 Å². The monoisotopic (exact) mass is 347 g/mol. The van der Waals surface area contributed by atoms with Gasteiger partial charge in [-0.15, -0.1) is 0 Å². The summed E-state index contributed by atoms with van der Waals surface area (Å²) in [6.07, 6.45) is 15.4. The first-order valence-corrected chi connectivity index (χ1v) is 8.58. The van der Waals surface area contributed by atoms with Crippen molar-refractivity contribution in [3.8, 4) is 0 Å². The number of aromatic amines is 1.